The highest BCUT2D eigenvalue weighted by atomic mass is 19.1. The number of halogens is 1. The number of pyridine rings is 2. The van der Waals surface area contributed by atoms with Crippen molar-refractivity contribution >= 4 is 16.6 Å². The van der Waals surface area contributed by atoms with E-state index in [0.717, 1.165) is 44.7 Å². The van der Waals surface area contributed by atoms with E-state index in [9.17, 15) is 4.39 Å². The summed E-state index contributed by atoms with van der Waals surface area (Å²) in [6.45, 7) is 0.380. The summed E-state index contributed by atoms with van der Waals surface area (Å²) in [5.41, 5.74) is 11.8. The van der Waals surface area contributed by atoms with Crippen LogP contribution in [0.5, 0.6) is 5.75 Å². The standard InChI is InChI=1S/C27H20FN3O/c28-21-10-5-20(6-11-21)27-25(15-22(29)16-30-27)18-8-13-24(14-9-18)32-17-23-12-7-19-3-1-2-4-26(19)31-23/h1-16H,17,29H2. The van der Waals surface area contributed by atoms with Crippen molar-refractivity contribution in [3.05, 3.63) is 109 Å². The first-order valence-electron chi connectivity index (χ1n) is 10.2. The van der Waals surface area contributed by atoms with Gasteiger partial charge in [-0.15, -0.1) is 0 Å². The third-order valence-corrected chi connectivity index (χ3v) is 5.23. The maximum Gasteiger partial charge on any atom is 0.130 e. The smallest absolute Gasteiger partial charge is 0.130 e. The highest BCUT2D eigenvalue weighted by Crippen LogP contribution is 2.33. The first kappa shape index (κ1) is 19.7. The summed E-state index contributed by atoms with van der Waals surface area (Å²) in [5, 5.41) is 1.10. The van der Waals surface area contributed by atoms with Crippen LogP contribution in [0.2, 0.25) is 0 Å². The van der Waals surface area contributed by atoms with E-state index in [1.165, 1.54) is 12.1 Å². The van der Waals surface area contributed by atoms with Crippen LogP contribution in [0, 0.1) is 5.82 Å². The molecule has 0 unspecified atom stereocenters. The highest BCUT2D eigenvalue weighted by Gasteiger charge is 2.11. The average Bonchev–Trinajstić information content (AvgIpc) is 2.83. The van der Waals surface area contributed by atoms with E-state index in [2.05, 4.69) is 9.97 Å². The fourth-order valence-electron chi connectivity index (χ4n) is 3.62. The molecule has 2 aromatic heterocycles. The zero-order chi connectivity index (χ0) is 21.9. The van der Waals surface area contributed by atoms with E-state index in [-0.39, 0.29) is 5.82 Å². The molecule has 0 amide bonds. The Labute approximate surface area is 185 Å². The van der Waals surface area contributed by atoms with E-state index in [1.807, 2.05) is 66.7 Å². The van der Waals surface area contributed by atoms with Crippen LogP contribution in [-0.2, 0) is 6.61 Å². The third-order valence-electron chi connectivity index (χ3n) is 5.23. The molecule has 0 saturated carbocycles. The van der Waals surface area contributed by atoms with E-state index < -0.39 is 0 Å². The molecule has 0 aliphatic heterocycles. The molecule has 156 valence electrons. The summed E-state index contributed by atoms with van der Waals surface area (Å²) in [7, 11) is 0. The molecule has 5 rings (SSSR count). The van der Waals surface area contributed by atoms with Crippen molar-refractivity contribution in [2.24, 2.45) is 0 Å². The Morgan fingerprint density at radius 1 is 0.812 bits per heavy atom. The Hall–Kier alpha value is -4.25. The van der Waals surface area contributed by atoms with Crippen LogP contribution in [0.15, 0.2) is 97.2 Å². The summed E-state index contributed by atoms with van der Waals surface area (Å²) >= 11 is 0. The second kappa shape index (κ2) is 8.47. The van der Waals surface area contributed by atoms with Gasteiger partial charge in [0.15, 0.2) is 0 Å². The van der Waals surface area contributed by atoms with E-state index in [4.69, 9.17) is 10.5 Å². The van der Waals surface area contributed by atoms with E-state index in [1.54, 1.807) is 18.3 Å². The molecule has 5 aromatic rings. The largest absolute Gasteiger partial charge is 0.487 e. The van der Waals surface area contributed by atoms with Crippen molar-refractivity contribution in [3.8, 4) is 28.1 Å². The summed E-state index contributed by atoms with van der Waals surface area (Å²) in [6.07, 6.45) is 1.61. The van der Waals surface area contributed by atoms with Gasteiger partial charge in [0, 0.05) is 16.5 Å². The van der Waals surface area contributed by atoms with Gasteiger partial charge in [0.05, 0.1) is 28.8 Å². The first-order valence-corrected chi connectivity index (χ1v) is 10.2. The predicted molar refractivity (Wildman–Crippen MR) is 126 cm³/mol. The van der Waals surface area contributed by atoms with Crippen LogP contribution in [0.25, 0.3) is 33.3 Å². The second-order valence-corrected chi connectivity index (χ2v) is 7.48. The number of nitrogens with two attached hydrogens (primary N) is 1. The lowest BCUT2D eigenvalue weighted by atomic mass is 9.99. The van der Waals surface area contributed by atoms with Gasteiger partial charge in [-0.05, 0) is 60.2 Å². The minimum Gasteiger partial charge on any atom is -0.487 e. The molecule has 32 heavy (non-hydrogen) atoms. The van der Waals surface area contributed by atoms with Gasteiger partial charge in [-0.25, -0.2) is 9.37 Å². The Morgan fingerprint density at radius 3 is 2.38 bits per heavy atom. The van der Waals surface area contributed by atoms with Gasteiger partial charge >= 0.3 is 0 Å². The SMILES string of the molecule is Nc1cnc(-c2ccc(F)cc2)c(-c2ccc(OCc3ccc4ccccc4n3)cc2)c1. The average molecular weight is 421 g/mol. The normalized spacial score (nSPS) is 10.9. The number of anilines is 1. The minimum absolute atomic E-state index is 0.284. The summed E-state index contributed by atoms with van der Waals surface area (Å²) in [4.78, 5) is 9.13. The van der Waals surface area contributed by atoms with Crippen LogP contribution in [0.3, 0.4) is 0 Å². The van der Waals surface area contributed by atoms with Crippen LogP contribution < -0.4 is 10.5 Å². The monoisotopic (exact) mass is 421 g/mol. The van der Waals surface area contributed by atoms with Crippen LogP contribution in [-0.4, -0.2) is 9.97 Å². The zero-order valence-corrected chi connectivity index (χ0v) is 17.2. The number of hydrogen-bond donors (Lipinski definition) is 1. The molecule has 0 atom stereocenters. The molecule has 0 bridgehead atoms. The van der Waals surface area contributed by atoms with Gasteiger partial charge in [0.25, 0.3) is 0 Å². The lowest BCUT2D eigenvalue weighted by Gasteiger charge is -2.12. The number of fused-ring (bicyclic) bond motifs is 1. The Morgan fingerprint density at radius 2 is 1.56 bits per heavy atom. The molecule has 3 aromatic carbocycles. The predicted octanol–water partition coefficient (Wildman–Crippen LogP) is 6.26. The fraction of sp³-hybridized carbons (Fsp3) is 0.0370. The minimum atomic E-state index is -0.284. The summed E-state index contributed by atoms with van der Waals surface area (Å²) in [6, 6.07) is 27.9. The maximum absolute atomic E-state index is 13.3. The highest BCUT2D eigenvalue weighted by molar-refractivity contribution is 5.82. The Kier molecular flexibility index (Phi) is 5.22. The lowest BCUT2D eigenvalue weighted by Crippen LogP contribution is -1.98. The van der Waals surface area contributed by atoms with Gasteiger partial charge < -0.3 is 10.5 Å². The molecule has 0 spiro atoms. The molecule has 0 saturated heterocycles. The van der Waals surface area contributed by atoms with Gasteiger partial charge in [0.1, 0.15) is 18.2 Å². The molecule has 5 heteroatoms. The summed E-state index contributed by atoms with van der Waals surface area (Å²) in [5.74, 6) is 0.456. The summed E-state index contributed by atoms with van der Waals surface area (Å²) < 4.78 is 19.3. The number of nitrogens with zero attached hydrogens (tertiary/aromatic N) is 2. The van der Waals surface area contributed by atoms with Crippen LogP contribution in [0.1, 0.15) is 5.69 Å². The molecule has 0 radical (unpaired) electrons. The Balaban J connectivity index is 1.37. The number of hydrogen-bond acceptors (Lipinski definition) is 4. The fourth-order valence-corrected chi connectivity index (χ4v) is 3.62. The van der Waals surface area contributed by atoms with E-state index in [0.29, 0.717) is 12.3 Å². The second-order valence-electron chi connectivity index (χ2n) is 7.48. The number of rotatable bonds is 5. The maximum atomic E-state index is 13.3. The molecular weight excluding hydrogens is 401 g/mol. The first-order chi connectivity index (χ1) is 15.7. The molecule has 0 aliphatic carbocycles. The molecule has 2 heterocycles. The van der Waals surface area contributed by atoms with Crippen molar-refractivity contribution in [2.45, 2.75) is 6.61 Å². The van der Waals surface area contributed by atoms with Crippen molar-refractivity contribution in [1.82, 2.24) is 9.97 Å². The molecule has 2 N–H and O–H groups in total. The lowest BCUT2D eigenvalue weighted by molar-refractivity contribution is 0.302. The number of aromatic nitrogens is 2. The molecular formula is C27H20FN3O. The molecule has 0 fully saturated rings. The number of benzene rings is 3. The van der Waals surface area contributed by atoms with Gasteiger partial charge in [-0.2, -0.15) is 0 Å². The number of ether oxygens (including phenoxy) is 1. The van der Waals surface area contributed by atoms with Crippen molar-refractivity contribution in [1.29, 1.82) is 0 Å². The van der Waals surface area contributed by atoms with Gasteiger partial charge in [-0.1, -0.05) is 36.4 Å². The Bertz CT molecular complexity index is 1380. The van der Waals surface area contributed by atoms with Crippen molar-refractivity contribution in [2.75, 3.05) is 5.73 Å². The van der Waals surface area contributed by atoms with Gasteiger partial charge in [-0.3, -0.25) is 4.98 Å². The van der Waals surface area contributed by atoms with E-state index >= 15 is 0 Å². The topological polar surface area (TPSA) is 61.0 Å². The molecule has 0 aliphatic rings. The number of nitrogen functional groups attached to an aromatic ring is 1. The zero-order valence-electron chi connectivity index (χ0n) is 17.2. The van der Waals surface area contributed by atoms with Gasteiger partial charge in [0.2, 0.25) is 0 Å². The van der Waals surface area contributed by atoms with Crippen molar-refractivity contribution in [3.63, 3.8) is 0 Å². The van der Waals surface area contributed by atoms with Crippen LogP contribution in [0.4, 0.5) is 10.1 Å². The van der Waals surface area contributed by atoms with Crippen molar-refractivity contribution < 1.29 is 9.13 Å². The quantitative estimate of drug-likeness (QED) is 0.364. The molecule has 4 nitrogen and oxygen atoms in total. The van der Waals surface area contributed by atoms with Crippen LogP contribution >= 0.6 is 0 Å². The number of para-hydroxylation sites is 1. The third kappa shape index (κ3) is 4.14.